The van der Waals surface area contributed by atoms with Crippen LogP contribution >= 0.6 is 22.6 Å². The van der Waals surface area contributed by atoms with Crippen molar-refractivity contribution >= 4 is 38.3 Å². The van der Waals surface area contributed by atoms with E-state index in [1.807, 2.05) is 0 Å². The second-order valence-corrected chi connectivity index (χ2v) is 7.15. The van der Waals surface area contributed by atoms with Gasteiger partial charge in [0.15, 0.2) is 11.5 Å². The quantitative estimate of drug-likeness (QED) is 0.730. The molecule has 0 aliphatic heterocycles. The van der Waals surface area contributed by atoms with E-state index >= 15 is 0 Å². The predicted octanol–water partition coefficient (Wildman–Crippen LogP) is 3.25. The van der Waals surface area contributed by atoms with Crippen LogP contribution in [-0.2, 0) is 10.0 Å². The van der Waals surface area contributed by atoms with Gasteiger partial charge in [0.25, 0.3) is 10.0 Å². The van der Waals surface area contributed by atoms with Crippen LogP contribution in [0.4, 0.5) is 10.1 Å². The van der Waals surface area contributed by atoms with Gasteiger partial charge in [0, 0.05) is 21.4 Å². The Morgan fingerprint density at radius 2 is 1.59 bits per heavy atom. The smallest absolute Gasteiger partial charge is 0.264 e. The fourth-order valence-corrected chi connectivity index (χ4v) is 3.26. The zero-order chi connectivity index (χ0) is 16.3. The fraction of sp³-hybridized carbons (Fsp3) is 0.143. The van der Waals surface area contributed by atoms with Gasteiger partial charge in [0.05, 0.1) is 14.2 Å². The standard InChI is InChI=1S/C14H13FINO4S/c1-20-12-7-11(15)14(8-13(12)21-2)22(18,19)17-10-5-3-9(16)4-6-10/h3-8,17H,1-2H3. The number of anilines is 1. The molecule has 5 nitrogen and oxygen atoms in total. The van der Waals surface area contributed by atoms with Crippen molar-refractivity contribution in [2.75, 3.05) is 18.9 Å². The van der Waals surface area contributed by atoms with Crippen LogP contribution in [0, 0.1) is 9.39 Å². The summed E-state index contributed by atoms with van der Waals surface area (Å²) in [6.07, 6.45) is 0. The van der Waals surface area contributed by atoms with Crippen molar-refractivity contribution in [3.8, 4) is 11.5 Å². The molecule has 0 fully saturated rings. The first-order valence-electron chi connectivity index (χ1n) is 6.07. The largest absolute Gasteiger partial charge is 0.493 e. The van der Waals surface area contributed by atoms with E-state index in [4.69, 9.17) is 9.47 Å². The lowest BCUT2D eigenvalue weighted by molar-refractivity contribution is 0.350. The average Bonchev–Trinajstić information content (AvgIpc) is 2.48. The van der Waals surface area contributed by atoms with Crippen molar-refractivity contribution < 1.29 is 22.3 Å². The molecule has 0 aliphatic carbocycles. The number of hydrogen-bond acceptors (Lipinski definition) is 4. The Balaban J connectivity index is 2.42. The lowest BCUT2D eigenvalue weighted by Gasteiger charge is -2.12. The monoisotopic (exact) mass is 437 g/mol. The minimum atomic E-state index is -4.08. The van der Waals surface area contributed by atoms with Gasteiger partial charge in [-0.25, -0.2) is 12.8 Å². The Morgan fingerprint density at radius 1 is 1.05 bits per heavy atom. The zero-order valence-corrected chi connectivity index (χ0v) is 14.7. The number of nitrogens with one attached hydrogen (secondary N) is 1. The number of ether oxygens (including phenoxy) is 2. The molecule has 0 bridgehead atoms. The first-order chi connectivity index (χ1) is 10.4. The van der Waals surface area contributed by atoms with E-state index in [-0.39, 0.29) is 11.5 Å². The van der Waals surface area contributed by atoms with Gasteiger partial charge in [-0.05, 0) is 46.9 Å². The second-order valence-electron chi connectivity index (χ2n) is 4.25. The van der Waals surface area contributed by atoms with Crippen molar-refractivity contribution in [1.82, 2.24) is 0 Å². The molecule has 1 N–H and O–H groups in total. The number of sulfonamides is 1. The number of halogens is 2. The summed E-state index contributed by atoms with van der Waals surface area (Å²) >= 11 is 2.10. The molecule has 22 heavy (non-hydrogen) atoms. The molecule has 2 aromatic carbocycles. The highest BCUT2D eigenvalue weighted by atomic mass is 127. The van der Waals surface area contributed by atoms with E-state index < -0.39 is 20.7 Å². The first kappa shape index (κ1) is 16.8. The summed E-state index contributed by atoms with van der Waals surface area (Å²) in [5.41, 5.74) is 0.342. The summed E-state index contributed by atoms with van der Waals surface area (Å²) in [7, 11) is -1.39. The molecular formula is C14H13FINO4S. The van der Waals surface area contributed by atoms with Crippen LogP contribution < -0.4 is 14.2 Å². The summed E-state index contributed by atoms with van der Waals surface area (Å²) in [4.78, 5) is -0.510. The van der Waals surface area contributed by atoms with Crippen molar-refractivity contribution in [3.63, 3.8) is 0 Å². The minimum Gasteiger partial charge on any atom is -0.493 e. The van der Waals surface area contributed by atoms with Crippen LogP contribution in [0.2, 0.25) is 0 Å². The second kappa shape index (κ2) is 6.69. The van der Waals surface area contributed by atoms with Gasteiger partial charge in [-0.15, -0.1) is 0 Å². The Morgan fingerprint density at radius 3 is 2.14 bits per heavy atom. The van der Waals surface area contributed by atoms with Gasteiger partial charge in [-0.3, -0.25) is 4.72 Å². The van der Waals surface area contributed by atoms with E-state index in [1.54, 1.807) is 24.3 Å². The zero-order valence-electron chi connectivity index (χ0n) is 11.8. The van der Waals surface area contributed by atoms with Gasteiger partial charge >= 0.3 is 0 Å². The summed E-state index contributed by atoms with van der Waals surface area (Å²) in [5.74, 6) is -0.671. The molecule has 0 amide bonds. The first-order valence-corrected chi connectivity index (χ1v) is 8.63. The van der Waals surface area contributed by atoms with Gasteiger partial charge < -0.3 is 9.47 Å². The molecule has 2 rings (SSSR count). The summed E-state index contributed by atoms with van der Waals surface area (Å²) in [6.45, 7) is 0. The molecular weight excluding hydrogens is 424 g/mol. The highest BCUT2D eigenvalue weighted by Crippen LogP contribution is 2.32. The number of hydrogen-bond donors (Lipinski definition) is 1. The van der Waals surface area contributed by atoms with Crippen molar-refractivity contribution in [1.29, 1.82) is 0 Å². The maximum absolute atomic E-state index is 14.1. The molecule has 0 saturated heterocycles. The van der Waals surface area contributed by atoms with E-state index in [1.165, 1.54) is 14.2 Å². The Hall–Kier alpha value is -1.55. The molecule has 0 heterocycles. The van der Waals surface area contributed by atoms with Gasteiger partial charge in [-0.1, -0.05) is 0 Å². The number of rotatable bonds is 5. The van der Waals surface area contributed by atoms with Crippen molar-refractivity contribution in [3.05, 3.63) is 45.8 Å². The molecule has 0 atom stereocenters. The Labute approximate surface area is 141 Å². The molecule has 118 valence electrons. The van der Waals surface area contributed by atoms with Crippen LogP contribution in [0.3, 0.4) is 0 Å². The van der Waals surface area contributed by atoms with Crippen molar-refractivity contribution in [2.45, 2.75) is 4.90 Å². The topological polar surface area (TPSA) is 64.6 Å². The molecule has 0 radical (unpaired) electrons. The predicted molar refractivity (Wildman–Crippen MR) is 89.5 cm³/mol. The third-order valence-corrected chi connectivity index (χ3v) is 4.94. The summed E-state index contributed by atoms with van der Waals surface area (Å²) in [5, 5.41) is 0. The Bertz CT molecular complexity index is 778. The number of methoxy groups -OCH3 is 2. The molecule has 0 aliphatic rings. The summed E-state index contributed by atoms with van der Waals surface area (Å²) < 4.78 is 51.9. The average molecular weight is 437 g/mol. The minimum absolute atomic E-state index is 0.119. The molecule has 0 aromatic heterocycles. The molecule has 2 aromatic rings. The maximum Gasteiger partial charge on any atom is 0.264 e. The van der Waals surface area contributed by atoms with E-state index in [2.05, 4.69) is 27.3 Å². The van der Waals surface area contributed by atoms with Crippen LogP contribution in [0.25, 0.3) is 0 Å². The lowest BCUT2D eigenvalue weighted by Crippen LogP contribution is -2.15. The number of benzene rings is 2. The van der Waals surface area contributed by atoms with Crippen LogP contribution in [0.15, 0.2) is 41.3 Å². The molecule has 8 heteroatoms. The lowest BCUT2D eigenvalue weighted by atomic mass is 10.3. The SMILES string of the molecule is COc1cc(F)c(S(=O)(=O)Nc2ccc(I)cc2)cc1OC. The van der Waals surface area contributed by atoms with Gasteiger partial charge in [-0.2, -0.15) is 0 Å². The van der Waals surface area contributed by atoms with Gasteiger partial charge in [0.1, 0.15) is 10.7 Å². The maximum atomic E-state index is 14.1. The van der Waals surface area contributed by atoms with E-state index in [9.17, 15) is 12.8 Å². The summed E-state index contributed by atoms with van der Waals surface area (Å²) in [6, 6.07) is 8.73. The van der Waals surface area contributed by atoms with E-state index in [0.717, 1.165) is 15.7 Å². The Kier molecular flexibility index (Phi) is 5.12. The molecule has 0 saturated carbocycles. The third-order valence-electron chi connectivity index (χ3n) is 2.82. The van der Waals surface area contributed by atoms with Crippen LogP contribution in [0.1, 0.15) is 0 Å². The van der Waals surface area contributed by atoms with E-state index in [0.29, 0.717) is 5.69 Å². The van der Waals surface area contributed by atoms with Gasteiger partial charge in [0.2, 0.25) is 0 Å². The van der Waals surface area contributed by atoms with Crippen LogP contribution in [0.5, 0.6) is 11.5 Å². The molecule has 0 spiro atoms. The highest BCUT2D eigenvalue weighted by Gasteiger charge is 2.22. The highest BCUT2D eigenvalue weighted by molar-refractivity contribution is 14.1. The third kappa shape index (κ3) is 3.61. The van der Waals surface area contributed by atoms with Crippen molar-refractivity contribution in [2.24, 2.45) is 0 Å². The normalized spacial score (nSPS) is 11.1. The molecule has 0 unspecified atom stereocenters. The van der Waals surface area contributed by atoms with Crippen LogP contribution in [-0.4, -0.2) is 22.6 Å². The fourth-order valence-electron chi connectivity index (χ4n) is 1.77.